The first-order valence-corrected chi connectivity index (χ1v) is 11.3. The fraction of sp³-hybridized carbons (Fsp3) is 0.300. The molecule has 4 aromatic rings. The van der Waals surface area contributed by atoms with Gasteiger partial charge in [-0.05, 0) is 25.0 Å². The van der Waals surface area contributed by atoms with E-state index in [1.807, 2.05) is 23.6 Å². The van der Waals surface area contributed by atoms with Gasteiger partial charge in [0.05, 0.1) is 29.2 Å². The van der Waals surface area contributed by atoms with Gasteiger partial charge in [-0.25, -0.2) is 9.97 Å². The predicted octanol–water partition coefficient (Wildman–Crippen LogP) is 2.94. The van der Waals surface area contributed by atoms with E-state index in [4.69, 9.17) is 9.72 Å². The van der Waals surface area contributed by atoms with Crippen LogP contribution in [0.4, 0.5) is 0 Å². The van der Waals surface area contributed by atoms with Gasteiger partial charge in [0.15, 0.2) is 10.1 Å². The lowest BCUT2D eigenvalue weighted by molar-refractivity contribution is 0.0937. The van der Waals surface area contributed by atoms with E-state index in [0.717, 1.165) is 19.4 Å². The van der Waals surface area contributed by atoms with E-state index in [1.54, 1.807) is 16.8 Å². The Morgan fingerprint density at radius 3 is 3.00 bits per heavy atom. The molecule has 0 spiro atoms. The smallest absolute Gasteiger partial charge is 0.262 e. The van der Waals surface area contributed by atoms with Gasteiger partial charge in [-0.1, -0.05) is 23.9 Å². The summed E-state index contributed by atoms with van der Waals surface area (Å²) in [6.07, 6.45) is 3.70. The van der Waals surface area contributed by atoms with E-state index in [2.05, 4.69) is 4.98 Å². The fourth-order valence-corrected chi connectivity index (χ4v) is 5.15. The predicted molar refractivity (Wildman–Crippen MR) is 114 cm³/mol. The number of para-hydroxylation sites is 1. The van der Waals surface area contributed by atoms with Crippen LogP contribution in [0.1, 0.15) is 18.5 Å². The second-order valence-corrected chi connectivity index (χ2v) is 8.71. The van der Waals surface area contributed by atoms with Crippen molar-refractivity contribution in [3.63, 3.8) is 0 Å². The second kappa shape index (κ2) is 7.74. The van der Waals surface area contributed by atoms with Gasteiger partial charge in [0.1, 0.15) is 0 Å². The Balaban J connectivity index is 1.51. The Morgan fingerprint density at radius 2 is 2.14 bits per heavy atom. The van der Waals surface area contributed by atoms with Crippen molar-refractivity contribution in [2.24, 2.45) is 0 Å². The van der Waals surface area contributed by atoms with Crippen LogP contribution in [0, 0.1) is 0 Å². The highest BCUT2D eigenvalue weighted by Crippen LogP contribution is 2.23. The van der Waals surface area contributed by atoms with Crippen LogP contribution in [0.25, 0.3) is 15.9 Å². The third-order valence-corrected chi connectivity index (χ3v) is 6.71. The molecule has 4 heterocycles. The highest BCUT2D eigenvalue weighted by Gasteiger charge is 2.20. The number of nitrogens with zero attached hydrogens (tertiary/aromatic N) is 4. The molecule has 0 saturated carbocycles. The van der Waals surface area contributed by atoms with Crippen LogP contribution in [0.5, 0.6) is 0 Å². The zero-order chi connectivity index (χ0) is 19.8. The summed E-state index contributed by atoms with van der Waals surface area (Å²) in [4.78, 5) is 35.3. The maximum atomic E-state index is 13.1. The van der Waals surface area contributed by atoms with Crippen molar-refractivity contribution < 1.29 is 4.74 Å². The van der Waals surface area contributed by atoms with Crippen molar-refractivity contribution in [2.75, 3.05) is 6.61 Å². The highest BCUT2D eigenvalue weighted by molar-refractivity contribution is 7.98. The van der Waals surface area contributed by atoms with E-state index in [0.29, 0.717) is 39.0 Å². The molecule has 1 aliphatic heterocycles. The zero-order valence-electron chi connectivity index (χ0n) is 15.5. The van der Waals surface area contributed by atoms with Crippen LogP contribution in [-0.2, 0) is 17.0 Å². The summed E-state index contributed by atoms with van der Waals surface area (Å²) < 4.78 is 8.98. The van der Waals surface area contributed by atoms with E-state index < -0.39 is 0 Å². The lowest BCUT2D eigenvalue weighted by Gasteiger charge is -2.16. The molecule has 0 bridgehead atoms. The quantitative estimate of drug-likeness (QED) is 0.361. The van der Waals surface area contributed by atoms with Gasteiger partial charge in [0.25, 0.3) is 11.1 Å². The maximum Gasteiger partial charge on any atom is 0.262 e. The number of hydrogen-bond acceptors (Lipinski definition) is 7. The molecule has 0 amide bonds. The summed E-state index contributed by atoms with van der Waals surface area (Å²) in [7, 11) is 0. The van der Waals surface area contributed by atoms with Crippen molar-refractivity contribution in [2.45, 2.75) is 36.4 Å². The zero-order valence-corrected chi connectivity index (χ0v) is 17.1. The number of benzene rings is 1. The number of aromatic nitrogens is 4. The molecule has 1 fully saturated rings. The molecule has 1 aliphatic rings. The molecule has 3 aromatic heterocycles. The molecule has 148 valence electrons. The maximum absolute atomic E-state index is 13.1. The van der Waals surface area contributed by atoms with Crippen molar-refractivity contribution >= 4 is 39.0 Å². The lowest BCUT2D eigenvalue weighted by atomic mass is 10.2. The lowest BCUT2D eigenvalue weighted by Crippen LogP contribution is -2.28. The van der Waals surface area contributed by atoms with Gasteiger partial charge < -0.3 is 4.74 Å². The van der Waals surface area contributed by atoms with Gasteiger partial charge in [0, 0.05) is 30.0 Å². The highest BCUT2D eigenvalue weighted by atomic mass is 32.2. The summed E-state index contributed by atoms with van der Waals surface area (Å²) in [5.74, 6) is 0.458. The molecule has 5 rings (SSSR count). The third-order valence-electron chi connectivity index (χ3n) is 4.94. The van der Waals surface area contributed by atoms with E-state index >= 15 is 0 Å². The Bertz CT molecular complexity index is 1300. The van der Waals surface area contributed by atoms with Crippen LogP contribution in [0.15, 0.2) is 56.7 Å². The molecule has 0 aliphatic carbocycles. The largest absolute Gasteiger partial charge is 0.376 e. The second-order valence-electron chi connectivity index (χ2n) is 6.89. The van der Waals surface area contributed by atoms with Crippen LogP contribution >= 0.6 is 23.1 Å². The van der Waals surface area contributed by atoms with Crippen molar-refractivity contribution in [3.8, 4) is 0 Å². The molecule has 1 atom stereocenters. The minimum absolute atomic E-state index is 0.0280. The first kappa shape index (κ1) is 18.5. The molecule has 1 aromatic carbocycles. The fourth-order valence-electron chi connectivity index (χ4n) is 3.51. The molecular weight excluding hydrogens is 408 g/mol. The first-order valence-electron chi connectivity index (χ1n) is 9.39. The monoisotopic (exact) mass is 426 g/mol. The topological polar surface area (TPSA) is 78.5 Å². The van der Waals surface area contributed by atoms with Crippen molar-refractivity contribution in [1.29, 1.82) is 0 Å². The molecule has 29 heavy (non-hydrogen) atoms. The minimum atomic E-state index is -0.102. The Morgan fingerprint density at radius 1 is 1.24 bits per heavy atom. The van der Waals surface area contributed by atoms with Gasteiger partial charge in [0.2, 0.25) is 0 Å². The van der Waals surface area contributed by atoms with Crippen LogP contribution in [-0.4, -0.2) is 31.6 Å². The van der Waals surface area contributed by atoms with E-state index in [9.17, 15) is 9.59 Å². The summed E-state index contributed by atoms with van der Waals surface area (Å²) in [6.45, 7) is 1.22. The number of ether oxygens (including phenoxy) is 1. The van der Waals surface area contributed by atoms with Gasteiger partial charge in [-0.2, -0.15) is 0 Å². The molecule has 0 radical (unpaired) electrons. The minimum Gasteiger partial charge on any atom is -0.376 e. The number of fused-ring (bicyclic) bond motifs is 2. The normalized spacial score (nSPS) is 16.8. The number of rotatable bonds is 5. The van der Waals surface area contributed by atoms with E-state index in [-0.39, 0.29) is 17.2 Å². The Labute approximate surface area is 174 Å². The standard InChI is InChI=1S/C20H18N4O3S2/c25-17-10-13(21-19-23(17)7-9-28-19)12-29-20-22-16-6-2-1-5-15(16)18(26)24(20)11-14-4-3-8-27-14/h1-2,5-7,9-10,14H,3-4,8,11-12H2/t14-/m1/s1. The molecule has 0 unspecified atom stereocenters. The molecular formula is C20H18N4O3S2. The van der Waals surface area contributed by atoms with Crippen LogP contribution in [0.2, 0.25) is 0 Å². The molecule has 9 heteroatoms. The SMILES string of the molecule is O=c1c2ccccc2nc(SCc2cc(=O)n3ccsc3n2)n1C[C@H]1CCCO1. The Hall–Kier alpha value is -2.49. The summed E-state index contributed by atoms with van der Waals surface area (Å²) in [5.41, 5.74) is 1.18. The number of thioether (sulfide) groups is 1. The number of thiazole rings is 1. The first-order chi connectivity index (χ1) is 14.2. The summed E-state index contributed by atoms with van der Waals surface area (Å²) in [5, 5.41) is 3.06. The molecule has 0 N–H and O–H groups in total. The van der Waals surface area contributed by atoms with E-state index in [1.165, 1.54) is 33.6 Å². The molecule has 7 nitrogen and oxygen atoms in total. The summed E-state index contributed by atoms with van der Waals surface area (Å²) >= 11 is 2.84. The average molecular weight is 427 g/mol. The third kappa shape index (κ3) is 3.61. The van der Waals surface area contributed by atoms with Crippen LogP contribution in [0.3, 0.4) is 0 Å². The Kier molecular flexibility index (Phi) is 4.94. The van der Waals surface area contributed by atoms with Crippen molar-refractivity contribution in [1.82, 2.24) is 18.9 Å². The van der Waals surface area contributed by atoms with Gasteiger partial charge >= 0.3 is 0 Å². The average Bonchev–Trinajstić information content (AvgIpc) is 3.41. The summed E-state index contributed by atoms with van der Waals surface area (Å²) in [6, 6.07) is 8.91. The molecule has 1 saturated heterocycles. The van der Waals surface area contributed by atoms with Crippen molar-refractivity contribution in [3.05, 3.63) is 68.3 Å². The number of hydrogen-bond donors (Lipinski definition) is 0. The van der Waals surface area contributed by atoms with Gasteiger partial charge in [-0.3, -0.25) is 18.6 Å². The van der Waals surface area contributed by atoms with Gasteiger partial charge in [-0.15, -0.1) is 11.3 Å². The van der Waals surface area contributed by atoms with Crippen LogP contribution < -0.4 is 11.1 Å².